The number of hydrogen-bond donors (Lipinski definition) is 3. The molecule has 6 rings (SSSR count). The first-order valence-electron chi connectivity index (χ1n) is 13.1. The number of nitrogens with zero attached hydrogens (tertiary/aromatic N) is 6. The molecule has 200 valence electrons. The number of rotatable bonds is 4. The van der Waals surface area contributed by atoms with Gasteiger partial charge in [0.1, 0.15) is 5.71 Å². The molecule has 0 aromatic carbocycles. The molecule has 4 aromatic rings. The molecule has 40 heavy (non-hydrogen) atoms. The van der Waals surface area contributed by atoms with Crippen LogP contribution in [0.4, 0.5) is 11.4 Å². The third kappa shape index (κ3) is 5.08. The lowest BCUT2D eigenvalue weighted by Crippen LogP contribution is -2.29. The number of amides is 1. The van der Waals surface area contributed by atoms with Gasteiger partial charge in [0.2, 0.25) is 5.91 Å². The Hall–Kier alpha value is -4.83. The van der Waals surface area contributed by atoms with E-state index in [0.29, 0.717) is 31.3 Å². The highest BCUT2D eigenvalue weighted by Gasteiger charge is 2.25. The van der Waals surface area contributed by atoms with Crippen molar-refractivity contribution in [2.45, 2.75) is 33.9 Å². The molecular formula is C30H29N9O. The molecule has 0 bridgehead atoms. The highest BCUT2D eigenvalue weighted by Crippen LogP contribution is 2.31. The van der Waals surface area contributed by atoms with Gasteiger partial charge in [-0.15, -0.1) is 0 Å². The lowest BCUT2D eigenvalue weighted by molar-refractivity contribution is -0.123. The number of hydrogen-bond acceptors (Lipinski definition) is 9. The molecule has 0 spiro atoms. The standard InChI is InChI=1S/C30H29N9O/c1-30(2,3)29(40)38-21-9-19(12-32-14-21)20-10-22-25(35-13-20)16-33-17-37-27(22)28-36-15-23-24(39-28)6-8-34-26(23)18-5-4-7-31-11-18/h4-14,33H,15-17H2,1-3H3,(H,36,39)(H,38,40). The van der Waals surface area contributed by atoms with E-state index in [-0.39, 0.29) is 5.91 Å². The van der Waals surface area contributed by atoms with Gasteiger partial charge < -0.3 is 10.6 Å². The second-order valence-corrected chi connectivity index (χ2v) is 10.7. The average molecular weight is 532 g/mol. The summed E-state index contributed by atoms with van der Waals surface area (Å²) in [4.78, 5) is 40.2. The van der Waals surface area contributed by atoms with Gasteiger partial charge in [-0.3, -0.25) is 40.0 Å². The van der Waals surface area contributed by atoms with Crippen molar-refractivity contribution in [1.29, 1.82) is 0 Å². The summed E-state index contributed by atoms with van der Waals surface area (Å²) < 4.78 is 0. The van der Waals surface area contributed by atoms with Gasteiger partial charge in [0.05, 0.1) is 36.5 Å². The number of aliphatic imine (C=N–C) groups is 2. The van der Waals surface area contributed by atoms with Crippen molar-refractivity contribution in [3.63, 3.8) is 0 Å². The highest BCUT2D eigenvalue weighted by molar-refractivity contribution is 6.51. The number of pyridine rings is 4. The average Bonchev–Trinajstić information content (AvgIpc) is 3.19. The number of anilines is 2. The zero-order chi connectivity index (χ0) is 27.7. The predicted molar refractivity (Wildman–Crippen MR) is 156 cm³/mol. The fraction of sp³-hybridized carbons (Fsp3) is 0.233. The molecule has 2 aliphatic rings. The minimum Gasteiger partial charge on any atom is -0.338 e. The summed E-state index contributed by atoms with van der Waals surface area (Å²) in [5.74, 6) is 0.611. The molecule has 0 fully saturated rings. The maximum atomic E-state index is 12.5. The van der Waals surface area contributed by atoms with Gasteiger partial charge in [-0.2, -0.15) is 0 Å². The van der Waals surface area contributed by atoms with E-state index in [9.17, 15) is 4.79 Å². The van der Waals surface area contributed by atoms with Crippen LogP contribution in [0.5, 0.6) is 0 Å². The van der Waals surface area contributed by atoms with Gasteiger partial charge in [0, 0.05) is 76.4 Å². The van der Waals surface area contributed by atoms with Crippen LogP contribution in [0.15, 0.2) is 77.5 Å². The van der Waals surface area contributed by atoms with Crippen molar-refractivity contribution in [2.75, 3.05) is 17.3 Å². The maximum Gasteiger partial charge on any atom is 0.229 e. The van der Waals surface area contributed by atoms with Gasteiger partial charge in [0.25, 0.3) is 0 Å². The van der Waals surface area contributed by atoms with Crippen LogP contribution in [0, 0.1) is 5.41 Å². The Labute approximate surface area is 232 Å². The van der Waals surface area contributed by atoms with Crippen LogP contribution in [-0.4, -0.2) is 44.1 Å². The second kappa shape index (κ2) is 10.4. The minimum absolute atomic E-state index is 0.0736. The predicted octanol–water partition coefficient (Wildman–Crippen LogP) is 4.46. The second-order valence-electron chi connectivity index (χ2n) is 10.7. The van der Waals surface area contributed by atoms with E-state index >= 15 is 0 Å². The molecule has 6 heterocycles. The van der Waals surface area contributed by atoms with Gasteiger partial charge in [0.15, 0.2) is 5.84 Å². The Bertz CT molecular complexity index is 1660. The van der Waals surface area contributed by atoms with Crippen molar-refractivity contribution >= 4 is 28.8 Å². The molecule has 0 atom stereocenters. The van der Waals surface area contributed by atoms with Gasteiger partial charge in [-0.05, 0) is 30.3 Å². The third-order valence-electron chi connectivity index (χ3n) is 6.74. The van der Waals surface area contributed by atoms with Gasteiger partial charge in [-0.1, -0.05) is 20.8 Å². The maximum absolute atomic E-state index is 12.5. The van der Waals surface area contributed by atoms with Crippen LogP contribution in [0.1, 0.15) is 37.6 Å². The number of carbonyl (C=O) groups excluding carboxylic acids is 1. The summed E-state index contributed by atoms with van der Waals surface area (Å²) in [6.45, 7) is 7.12. The van der Waals surface area contributed by atoms with E-state index < -0.39 is 5.41 Å². The summed E-state index contributed by atoms with van der Waals surface area (Å²) in [5, 5.41) is 9.77. The lowest BCUT2D eigenvalue weighted by atomic mass is 9.95. The summed E-state index contributed by atoms with van der Waals surface area (Å²) >= 11 is 0. The zero-order valence-corrected chi connectivity index (χ0v) is 22.6. The summed E-state index contributed by atoms with van der Waals surface area (Å²) in [7, 11) is 0. The van der Waals surface area contributed by atoms with Gasteiger partial charge >= 0.3 is 0 Å². The summed E-state index contributed by atoms with van der Waals surface area (Å²) in [6.07, 6.45) is 10.6. The third-order valence-corrected chi connectivity index (χ3v) is 6.74. The number of carbonyl (C=O) groups is 1. The fourth-order valence-electron chi connectivity index (χ4n) is 4.56. The molecule has 1 amide bonds. The van der Waals surface area contributed by atoms with E-state index in [0.717, 1.165) is 50.6 Å². The largest absolute Gasteiger partial charge is 0.338 e. The van der Waals surface area contributed by atoms with Crippen LogP contribution in [0.2, 0.25) is 0 Å². The molecule has 10 nitrogen and oxygen atoms in total. The molecule has 10 heteroatoms. The van der Waals surface area contributed by atoms with Crippen LogP contribution in [0.3, 0.4) is 0 Å². The number of nitrogens with one attached hydrogen (secondary N) is 3. The van der Waals surface area contributed by atoms with Crippen LogP contribution < -0.4 is 16.0 Å². The van der Waals surface area contributed by atoms with E-state index in [4.69, 9.17) is 15.0 Å². The van der Waals surface area contributed by atoms with E-state index in [1.54, 1.807) is 24.8 Å². The smallest absolute Gasteiger partial charge is 0.229 e. The van der Waals surface area contributed by atoms with Gasteiger partial charge in [-0.25, -0.2) is 0 Å². The minimum atomic E-state index is -0.513. The monoisotopic (exact) mass is 531 g/mol. The van der Waals surface area contributed by atoms with Crippen LogP contribution in [-0.2, 0) is 17.9 Å². The van der Waals surface area contributed by atoms with Crippen molar-refractivity contribution < 1.29 is 4.79 Å². The Balaban J connectivity index is 1.33. The van der Waals surface area contributed by atoms with Crippen molar-refractivity contribution in [3.05, 3.63) is 84.3 Å². The first kappa shape index (κ1) is 25.4. The van der Waals surface area contributed by atoms with Crippen molar-refractivity contribution in [1.82, 2.24) is 25.3 Å². The molecule has 4 aromatic heterocycles. The number of aromatic nitrogens is 4. The fourth-order valence-corrected chi connectivity index (χ4v) is 4.56. The van der Waals surface area contributed by atoms with E-state index in [2.05, 4.69) is 37.0 Å². The topological polar surface area (TPSA) is 129 Å². The van der Waals surface area contributed by atoms with Crippen molar-refractivity contribution in [2.24, 2.45) is 15.4 Å². The first-order valence-corrected chi connectivity index (χ1v) is 13.1. The molecule has 0 radical (unpaired) electrons. The first-order chi connectivity index (χ1) is 19.4. The Morgan fingerprint density at radius 1 is 0.925 bits per heavy atom. The Morgan fingerprint density at radius 3 is 2.60 bits per heavy atom. The molecule has 0 saturated heterocycles. The molecule has 0 aliphatic carbocycles. The lowest BCUT2D eigenvalue weighted by Gasteiger charge is -2.22. The van der Waals surface area contributed by atoms with Crippen molar-refractivity contribution in [3.8, 4) is 22.4 Å². The summed E-state index contributed by atoms with van der Waals surface area (Å²) in [6, 6.07) is 9.83. The van der Waals surface area contributed by atoms with E-state index in [1.165, 1.54) is 0 Å². The number of fused-ring (bicyclic) bond motifs is 2. The normalized spacial score (nSPS) is 14.6. The summed E-state index contributed by atoms with van der Waals surface area (Å²) in [5.41, 5.74) is 8.11. The van der Waals surface area contributed by atoms with Crippen LogP contribution in [0.25, 0.3) is 22.4 Å². The zero-order valence-electron chi connectivity index (χ0n) is 22.6. The van der Waals surface area contributed by atoms with E-state index in [1.807, 2.05) is 57.4 Å². The highest BCUT2D eigenvalue weighted by atomic mass is 16.2. The molecule has 0 unspecified atom stereocenters. The number of amidine groups is 1. The van der Waals surface area contributed by atoms with Crippen LogP contribution >= 0.6 is 0 Å². The quantitative estimate of drug-likeness (QED) is 0.355. The Morgan fingerprint density at radius 2 is 1.77 bits per heavy atom. The SMILES string of the molecule is CC(C)(C)C(=O)Nc1cncc(-c2cnc3c(c2)C(C2=NCc4c(ccnc4-c4cccnc4)N2)=NCNC3)c1. The molecule has 0 saturated carbocycles. The Kier molecular flexibility index (Phi) is 6.61. The molecule has 2 aliphatic heterocycles. The molecule has 3 N–H and O–H groups in total. The molecular weight excluding hydrogens is 502 g/mol.